The van der Waals surface area contributed by atoms with Gasteiger partial charge in [0.2, 0.25) is 0 Å². The van der Waals surface area contributed by atoms with E-state index in [0.29, 0.717) is 0 Å². The predicted molar refractivity (Wildman–Crippen MR) is 106 cm³/mol. The van der Waals surface area contributed by atoms with Crippen molar-refractivity contribution < 1.29 is 20.1 Å². The summed E-state index contributed by atoms with van der Waals surface area (Å²) in [6.45, 7) is 9.01. The van der Waals surface area contributed by atoms with Gasteiger partial charge in [-0.15, -0.1) is 29.1 Å². The smallest absolute Gasteiger partial charge is 0.0608 e. The van der Waals surface area contributed by atoms with Gasteiger partial charge in [0.1, 0.15) is 0 Å². The number of rotatable bonds is 3. The molecule has 137 valence electrons. The Kier molecular flexibility index (Phi) is 5.23. The number of hydrogen-bond donors (Lipinski definition) is 0. The van der Waals surface area contributed by atoms with Crippen molar-refractivity contribution in [2.75, 3.05) is 0 Å². The van der Waals surface area contributed by atoms with Crippen molar-refractivity contribution in [3.63, 3.8) is 0 Å². The molecule has 2 heterocycles. The van der Waals surface area contributed by atoms with Crippen LogP contribution in [0.15, 0.2) is 42.7 Å². The maximum Gasteiger partial charge on any atom is 0.0608 e. The van der Waals surface area contributed by atoms with Crippen molar-refractivity contribution in [1.82, 2.24) is 9.38 Å². The Labute approximate surface area is 169 Å². The van der Waals surface area contributed by atoms with E-state index in [9.17, 15) is 0 Å². The molecule has 0 saturated carbocycles. The molecular weight excluding hydrogens is 496 g/mol. The number of pyridine rings is 1. The summed E-state index contributed by atoms with van der Waals surface area (Å²) in [5.41, 5.74) is 5.05. The molecule has 4 aromatic rings. The monoisotopic (exact) mass is 522 g/mol. The summed E-state index contributed by atoms with van der Waals surface area (Å²) in [6, 6.07) is 14.9. The topological polar surface area (TPSA) is 17.3 Å². The van der Waals surface area contributed by atoms with Crippen molar-refractivity contribution in [3.8, 4) is 0 Å². The minimum absolute atomic E-state index is 0. The van der Waals surface area contributed by atoms with Gasteiger partial charge in [-0.1, -0.05) is 51.6 Å². The van der Waals surface area contributed by atoms with Crippen LogP contribution in [0.4, 0.5) is 0 Å². The zero-order valence-electron chi connectivity index (χ0n) is 15.9. The first kappa shape index (κ1) is 19.1. The van der Waals surface area contributed by atoms with Crippen molar-refractivity contribution >= 4 is 27.3 Å². The molecule has 2 aromatic heterocycles. The van der Waals surface area contributed by atoms with Crippen LogP contribution in [0, 0.1) is 6.07 Å². The molecule has 0 saturated heterocycles. The average Bonchev–Trinajstić information content (AvgIpc) is 3.08. The van der Waals surface area contributed by atoms with Gasteiger partial charge in [0, 0.05) is 38.0 Å². The second-order valence-electron chi connectivity index (χ2n) is 8.00. The third-order valence-electron chi connectivity index (χ3n) is 5.10. The number of benzene rings is 2. The van der Waals surface area contributed by atoms with Gasteiger partial charge in [-0.25, -0.2) is 0 Å². The van der Waals surface area contributed by atoms with Crippen LogP contribution in [0.2, 0.25) is 0 Å². The van der Waals surface area contributed by atoms with Crippen molar-refractivity contribution in [2.45, 2.75) is 52.4 Å². The first-order valence-corrected chi connectivity index (χ1v) is 9.22. The molecule has 0 fully saturated rings. The van der Waals surface area contributed by atoms with Crippen molar-refractivity contribution in [2.24, 2.45) is 0 Å². The number of unbranched alkanes of at least 4 members (excludes halogenated alkanes) is 1. The van der Waals surface area contributed by atoms with Gasteiger partial charge in [0.05, 0.1) is 5.65 Å². The Morgan fingerprint density at radius 2 is 1.92 bits per heavy atom. The van der Waals surface area contributed by atoms with Crippen LogP contribution in [0.25, 0.3) is 27.3 Å². The molecule has 1 radical (unpaired) electrons. The Bertz CT molecular complexity index is 1070. The minimum atomic E-state index is 0. The van der Waals surface area contributed by atoms with Gasteiger partial charge in [-0.05, 0) is 35.3 Å². The predicted octanol–water partition coefficient (Wildman–Crippen LogP) is 6.08. The summed E-state index contributed by atoms with van der Waals surface area (Å²) < 4.78 is 2.19. The molecule has 2 nitrogen and oxygen atoms in total. The summed E-state index contributed by atoms with van der Waals surface area (Å²) in [5, 5.41) is 3.68. The number of aryl methyl sites for hydroxylation is 1. The van der Waals surface area contributed by atoms with E-state index in [0.717, 1.165) is 17.5 Å². The molecule has 3 heteroatoms. The molecule has 0 aliphatic carbocycles. The summed E-state index contributed by atoms with van der Waals surface area (Å²) in [4.78, 5) is 4.59. The van der Waals surface area contributed by atoms with Crippen molar-refractivity contribution in [1.29, 1.82) is 0 Å². The minimum Gasteiger partial charge on any atom is -0.340 e. The number of hydrogen-bond acceptors (Lipinski definition) is 1. The molecule has 0 aliphatic heterocycles. The van der Waals surface area contributed by atoms with Crippen LogP contribution in [-0.2, 0) is 31.9 Å². The third-order valence-corrected chi connectivity index (χ3v) is 5.10. The standard InChI is InChI=1S/C23H25N2.Ir/c1-5-6-7-16-8-11-21-20(14-16)19-15-17(23(2,3)4)9-10-18(19)22-24-12-13-25(21)22;/h8-9,11-15H,5-7H2,1-4H3;/q-1;. The molecule has 0 spiro atoms. The zero-order valence-corrected chi connectivity index (χ0v) is 18.3. The third kappa shape index (κ3) is 3.19. The van der Waals surface area contributed by atoms with E-state index < -0.39 is 0 Å². The molecule has 0 atom stereocenters. The molecular formula is C23H25IrN2-. The van der Waals surface area contributed by atoms with E-state index in [-0.39, 0.29) is 25.5 Å². The van der Waals surface area contributed by atoms with Crippen LogP contribution in [-0.4, -0.2) is 9.38 Å². The number of imidazole rings is 1. The molecule has 0 aliphatic rings. The van der Waals surface area contributed by atoms with Gasteiger partial charge in [-0.3, -0.25) is 4.98 Å². The Hall–Kier alpha value is -1.70. The van der Waals surface area contributed by atoms with Crippen LogP contribution in [0.1, 0.15) is 51.7 Å². The molecule has 0 amide bonds. The molecule has 0 bridgehead atoms. The number of nitrogens with zero attached hydrogens (tertiary/aromatic N) is 2. The van der Waals surface area contributed by atoms with E-state index in [2.05, 4.69) is 73.5 Å². The van der Waals surface area contributed by atoms with Gasteiger partial charge in [-0.2, -0.15) is 0 Å². The first-order chi connectivity index (χ1) is 12.0. The van der Waals surface area contributed by atoms with Crippen LogP contribution >= 0.6 is 0 Å². The van der Waals surface area contributed by atoms with E-state index >= 15 is 0 Å². The van der Waals surface area contributed by atoms with E-state index in [1.165, 1.54) is 40.3 Å². The summed E-state index contributed by atoms with van der Waals surface area (Å²) in [5.74, 6) is 0. The molecule has 0 N–H and O–H groups in total. The van der Waals surface area contributed by atoms with Crippen LogP contribution in [0.3, 0.4) is 0 Å². The van der Waals surface area contributed by atoms with Crippen LogP contribution in [0.5, 0.6) is 0 Å². The number of fused-ring (bicyclic) bond motifs is 6. The molecule has 26 heavy (non-hydrogen) atoms. The number of aromatic nitrogens is 2. The van der Waals surface area contributed by atoms with Crippen molar-refractivity contribution in [3.05, 3.63) is 59.9 Å². The average molecular weight is 522 g/mol. The first-order valence-electron chi connectivity index (χ1n) is 9.22. The largest absolute Gasteiger partial charge is 0.340 e. The molecule has 0 unspecified atom stereocenters. The van der Waals surface area contributed by atoms with E-state index in [1.54, 1.807) is 0 Å². The van der Waals surface area contributed by atoms with Crippen LogP contribution < -0.4 is 0 Å². The van der Waals surface area contributed by atoms with E-state index in [1.807, 2.05) is 12.4 Å². The van der Waals surface area contributed by atoms with Gasteiger partial charge in [0.25, 0.3) is 0 Å². The quantitative estimate of drug-likeness (QED) is 0.236. The van der Waals surface area contributed by atoms with Gasteiger partial charge >= 0.3 is 0 Å². The molecule has 2 aromatic carbocycles. The Balaban J connectivity index is 0.00000196. The van der Waals surface area contributed by atoms with E-state index in [4.69, 9.17) is 0 Å². The Morgan fingerprint density at radius 3 is 2.65 bits per heavy atom. The molecule has 4 rings (SSSR count). The maximum atomic E-state index is 4.59. The summed E-state index contributed by atoms with van der Waals surface area (Å²) >= 11 is 0. The fourth-order valence-electron chi connectivity index (χ4n) is 3.56. The normalized spacial score (nSPS) is 12.0. The summed E-state index contributed by atoms with van der Waals surface area (Å²) in [7, 11) is 0. The SMILES string of the molecule is CCCCc1ccc2c(c1)c1cc(C(C)(C)C)c[c-]c1c1nccn21.[Ir]. The fourth-order valence-corrected chi connectivity index (χ4v) is 3.56. The second kappa shape index (κ2) is 7.13. The Morgan fingerprint density at radius 1 is 1.12 bits per heavy atom. The van der Waals surface area contributed by atoms with Gasteiger partial charge in [0.15, 0.2) is 0 Å². The maximum absolute atomic E-state index is 4.59. The van der Waals surface area contributed by atoms with Gasteiger partial charge < -0.3 is 4.40 Å². The zero-order chi connectivity index (χ0) is 17.6. The summed E-state index contributed by atoms with van der Waals surface area (Å²) in [6.07, 6.45) is 7.52. The fraction of sp³-hybridized carbons (Fsp3) is 0.348. The second-order valence-corrected chi connectivity index (χ2v) is 8.00.